The first-order valence-corrected chi connectivity index (χ1v) is 11.6. The summed E-state index contributed by atoms with van der Waals surface area (Å²) in [7, 11) is -4.73. The largest absolute Gasteiger partial charge is 0.573 e. The molecule has 5 N–H and O–H groups in total. The Morgan fingerprint density at radius 3 is 2.42 bits per heavy atom. The van der Waals surface area contributed by atoms with E-state index >= 15 is 0 Å². The maximum atomic E-state index is 12.8. The second kappa shape index (κ2) is 10.2. The number of alkyl halides is 3. The lowest BCUT2D eigenvalue weighted by Gasteiger charge is -2.17. The predicted octanol–water partition coefficient (Wildman–Crippen LogP) is 3.71. The minimum atomic E-state index is -5.20. The summed E-state index contributed by atoms with van der Waals surface area (Å²) in [5, 5.41) is 31.8. The van der Waals surface area contributed by atoms with Gasteiger partial charge >= 0.3 is 6.36 Å². The van der Waals surface area contributed by atoms with E-state index in [2.05, 4.69) is 26.0 Å². The van der Waals surface area contributed by atoms with E-state index in [-0.39, 0.29) is 22.5 Å². The molecule has 0 radical (unpaired) electrons. The second-order valence-corrected chi connectivity index (χ2v) is 9.50. The summed E-state index contributed by atoms with van der Waals surface area (Å²) >= 11 is 8.75. The van der Waals surface area contributed by atoms with Gasteiger partial charge in [0.1, 0.15) is 10.6 Å². The van der Waals surface area contributed by atoms with Crippen LogP contribution in [0.4, 0.5) is 18.9 Å². The number of hydrogen-bond donors (Lipinski definition) is 5. The van der Waals surface area contributed by atoms with Crippen LogP contribution in [0.3, 0.4) is 0 Å². The van der Waals surface area contributed by atoms with Crippen LogP contribution < -0.4 is 14.8 Å². The molecule has 2 rings (SSSR count). The Balaban J connectivity index is 2.55. The number of sulfonamides is 1. The van der Waals surface area contributed by atoms with Gasteiger partial charge in [-0.1, -0.05) is 34.5 Å². The Kier molecular flexibility index (Phi) is 8.32. The van der Waals surface area contributed by atoms with Gasteiger partial charge < -0.3 is 25.4 Å². The summed E-state index contributed by atoms with van der Waals surface area (Å²) in [6, 6.07) is 3.19. The molecule has 182 valence electrons. The number of anilines is 1. The van der Waals surface area contributed by atoms with Gasteiger partial charge in [-0.05, 0) is 24.6 Å². The van der Waals surface area contributed by atoms with Crippen molar-refractivity contribution in [2.75, 3.05) is 11.3 Å². The standard InChI is InChI=1S/C18H17BrClF3N2O7S/c1-2-9(26)7-24-17(29)11-5-10(32-18(21,22)23)6-13(15(11)27)25-33(30,31)14-4-8(19)3-12(20)16(14)28/h3-6,9,25-28H,2,7H2,1H3,(H,24,29). The number of benzene rings is 2. The van der Waals surface area contributed by atoms with E-state index in [0.717, 1.165) is 6.07 Å². The van der Waals surface area contributed by atoms with E-state index in [0.29, 0.717) is 12.1 Å². The Labute approximate surface area is 199 Å². The third kappa shape index (κ3) is 7.03. The van der Waals surface area contributed by atoms with E-state index < -0.39 is 61.8 Å². The number of carbonyl (C=O) groups excluding carboxylic acids is 1. The van der Waals surface area contributed by atoms with Crippen LogP contribution in [0, 0.1) is 0 Å². The summed E-state index contributed by atoms with van der Waals surface area (Å²) in [6.45, 7) is 1.33. The SMILES string of the molecule is CCC(O)CNC(=O)c1cc(OC(F)(F)F)cc(NS(=O)(=O)c2cc(Br)cc(Cl)c2O)c1O. The number of carbonyl (C=O) groups is 1. The number of halogens is 5. The molecule has 0 spiro atoms. The van der Waals surface area contributed by atoms with E-state index in [4.69, 9.17) is 11.6 Å². The number of aromatic hydroxyl groups is 2. The number of phenols is 2. The van der Waals surface area contributed by atoms with E-state index in [9.17, 15) is 41.7 Å². The molecular weight excluding hydrogens is 561 g/mol. The van der Waals surface area contributed by atoms with Crippen molar-refractivity contribution >= 4 is 49.1 Å². The van der Waals surface area contributed by atoms with Crippen molar-refractivity contribution in [3.8, 4) is 17.2 Å². The van der Waals surface area contributed by atoms with Crippen molar-refractivity contribution in [2.24, 2.45) is 0 Å². The van der Waals surface area contributed by atoms with Gasteiger partial charge in [-0.2, -0.15) is 0 Å². The molecule has 1 amide bonds. The highest BCUT2D eigenvalue weighted by Gasteiger charge is 2.33. The molecule has 0 aromatic heterocycles. The third-order valence-electron chi connectivity index (χ3n) is 4.06. The quantitative estimate of drug-likeness (QED) is 0.301. The van der Waals surface area contributed by atoms with Crippen LogP contribution >= 0.6 is 27.5 Å². The van der Waals surface area contributed by atoms with Crippen molar-refractivity contribution in [3.05, 3.63) is 39.3 Å². The molecule has 0 saturated carbocycles. The number of ether oxygens (including phenoxy) is 1. The summed E-state index contributed by atoms with van der Waals surface area (Å²) in [5.74, 6) is -4.02. The van der Waals surface area contributed by atoms with Crippen LogP contribution in [-0.4, -0.2) is 48.7 Å². The number of amides is 1. The average molecular weight is 578 g/mol. The van der Waals surface area contributed by atoms with Crippen LogP contribution in [0.1, 0.15) is 23.7 Å². The smallest absolute Gasteiger partial charge is 0.505 e. The Bertz CT molecular complexity index is 1160. The molecule has 15 heteroatoms. The van der Waals surface area contributed by atoms with Crippen LogP contribution in [0.2, 0.25) is 5.02 Å². The molecule has 1 atom stereocenters. The molecule has 0 fully saturated rings. The van der Waals surface area contributed by atoms with Gasteiger partial charge in [-0.3, -0.25) is 9.52 Å². The molecule has 9 nitrogen and oxygen atoms in total. The molecular formula is C18H17BrClF3N2O7S. The molecule has 0 heterocycles. The topological polar surface area (TPSA) is 145 Å². The fourth-order valence-electron chi connectivity index (χ4n) is 2.45. The Hall–Kier alpha value is -2.42. The zero-order valence-corrected chi connectivity index (χ0v) is 19.7. The monoisotopic (exact) mass is 576 g/mol. The van der Waals surface area contributed by atoms with E-state index in [1.165, 1.54) is 6.07 Å². The van der Waals surface area contributed by atoms with Gasteiger partial charge in [0.05, 0.1) is 22.4 Å². The van der Waals surface area contributed by atoms with Crippen molar-refractivity contribution in [1.29, 1.82) is 0 Å². The molecule has 1 unspecified atom stereocenters. The van der Waals surface area contributed by atoms with Crippen molar-refractivity contribution in [1.82, 2.24) is 5.32 Å². The van der Waals surface area contributed by atoms with Gasteiger partial charge in [0.25, 0.3) is 15.9 Å². The average Bonchev–Trinajstić information content (AvgIpc) is 2.69. The van der Waals surface area contributed by atoms with Crippen LogP contribution in [0.25, 0.3) is 0 Å². The molecule has 0 aliphatic rings. The third-order valence-corrected chi connectivity index (χ3v) is 6.18. The van der Waals surface area contributed by atoms with Gasteiger partial charge in [0.2, 0.25) is 0 Å². The predicted molar refractivity (Wildman–Crippen MR) is 115 cm³/mol. The highest BCUT2D eigenvalue weighted by atomic mass is 79.9. The summed E-state index contributed by atoms with van der Waals surface area (Å²) < 4.78 is 69.4. The fourth-order valence-corrected chi connectivity index (χ4v) is 4.67. The fraction of sp³-hybridized carbons (Fsp3) is 0.278. The number of aliphatic hydroxyl groups is 1. The first kappa shape index (κ1) is 26.8. The van der Waals surface area contributed by atoms with Gasteiger partial charge in [-0.25, -0.2) is 8.42 Å². The zero-order valence-electron chi connectivity index (χ0n) is 16.6. The first-order valence-electron chi connectivity index (χ1n) is 8.94. The van der Waals surface area contributed by atoms with Crippen molar-refractivity contribution < 1.29 is 46.4 Å². The number of aliphatic hydroxyl groups excluding tert-OH is 1. The lowest BCUT2D eigenvalue weighted by atomic mass is 10.1. The van der Waals surface area contributed by atoms with Gasteiger partial charge in [0, 0.05) is 17.1 Å². The maximum Gasteiger partial charge on any atom is 0.573 e. The van der Waals surface area contributed by atoms with Gasteiger partial charge in [-0.15, -0.1) is 13.2 Å². The molecule has 0 saturated heterocycles. The molecule has 0 bridgehead atoms. The van der Waals surface area contributed by atoms with Crippen LogP contribution in [-0.2, 0) is 10.0 Å². The number of nitrogens with one attached hydrogen (secondary N) is 2. The number of rotatable bonds is 8. The van der Waals surface area contributed by atoms with Crippen molar-refractivity contribution in [2.45, 2.75) is 30.7 Å². The van der Waals surface area contributed by atoms with E-state index in [1.54, 1.807) is 11.6 Å². The maximum absolute atomic E-state index is 12.8. The highest BCUT2D eigenvalue weighted by molar-refractivity contribution is 9.10. The summed E-state index contributed by atoms with van der Waals surface area (Å²) in [4.78, 5) is 11.6. The zero-order chi connectivity index (χ0) is 25.1. The van der Waals surface area contributed by atoms with E-state index in [1.807, 2.05) is 0 Å². The molecule has 2 aromatic rings. The lowest BCUT2D eigenvalue weighted by Crippen LogP contribution is -2.32. The van der Waals surface area contributed by atoms with Crippen molar-refractivity contribution in [3.63, 3.8) is 0 Å². The molecule has 2 aromatic carbocycles. The normalized spacial score (nSPS) is 12.8. The Morgan fingerprint density at radius 1 is 1.21 bits per heavy atom. The first-order chi connectivity index (χ1) is 15.1. The van der Waals surface area contributed by atoms with Crippen LogP contribution in [0.15, 0.2) is 33.6 Å². The second-order valence-electron chi connectivity index (χ2n) is 6.53. The molecule has 0 aliphatic carbocycles. The van der Waals surface area contributed by atoms with Crippen LogP contribution in [0.5, 0.6) is 17.2 Å². The minimum absolute atomic E-state index is 0.151. The lowest BCUT2D eigenvalue weighted by molar-refractivity contribution is -0.274. The number of phenolic OH excluding ortho intramolecular Hbond substituents is 2. The number of hydrogen-bond acceptors (Lipinski definition) is 7. The highest BCUT2D eigenvalue weighted by Crippen LogP contribution is 2.39. The van der Waals surface area contributed by atoms with Gasteiger partial charge in [0.15, 0.2) is 11.5 Å². The molecule has 33 heavy (non-hydrogen) atoms. The Morgan fingerprint density at radius 2 is 1.85 bits per heavy atom. The summed E-state index contributed by atoms with van der Waals surface area (Å²) in [6.07, 6.45) is -5.91. The minimum Gasteiger partial charge on any atom is -0.505 e. The molecule has 0 aliphatic heterocycles. The summed E-state index contributed by atoms with van der Waals surface area (Å²) in [5.41, 5.74) is -1.62.